The van der Waals surface area contributed by atoms with Crippen LogP contribution in [0.3, 0.4) is 0 Å². The van der Waals surface area contributed by atoms with Gasteiger partial charge in [-0.3, -0.25) is 9.59 Å². The Kier molecular flexibility index (Phi) is 8.46. The third-order valence-electron chi connectivity index (χ3n) is 6.48. The molecule has 1 heterocycles. The third-order valence-corrected chi connectivity index (χ3v) is 7.01. The Labute approximate surface area is 226 Å². The number of carbonyl (C=O) groups is 2. The predicted octanol–water partition coefficient (Wildman–Crippen LogP) is 3.10. The van der Waals surface area contributed by atoms with Crippen molar-refractivity contribution in [2.75, 3.05) is 27.2 Å². The van der Waals surface area contributed by atoms with Crippen molar-refractivity contribution >= 4 is 33.4 Å². The fourth-order valence-electron chi connectivity index (χ4n) is 4.56. The lowest BCUT2D eigenvalue weighted by Crippen LogP contribution is -3.05. The molecule has 1 amide bonds. The summed E-state index contributed by atoms with van der Waals surface area (Å²) in [6.07, 6.45) is 0.725. The van der Waals surface area contributed by atoms with Crippen LogP contribution in [0.4, 0.5) is 0 Å². The smallest absolute Gasteiger partial charge is 0.295 e. The van der Waals surface area contributed by atoms with Crippen LogP contribution in [0.15, 0.2) is 82.8 Å². The van der Waals surface area contributed by atoms with E-state index in [9.17, 15) is 14.7 Å². The molecular weight excluding hydrogens is 532 g/mol. The topological polar surface area (TPSA) is 74.1 Å². The summed E-state index contributed by atoms with van der Waals surface area (Å²) in [6, 6.07) is 21.7. The number of ketones is 1. The Morgan fingerprint density at radius 3 is 2.38 bits per heavy atom. The molecule has 1 unspecified atom stereocenters. The Bertz CT molecular complexity index is 1300. The number of ether oxygens (including phenoxy) is 1. The number of likely N-dealkylation sites (tertiary alicyclic amines) is 1. The number of nitrogens with one attached hydrogen (secondary N) is 1. The monoisotopic (exact) mass is 562 g/mol. The van der Waals surface area contributed by atoms with Gasteiger partial charge < -0.3 is 19.6 Å². The second kappa shape index (κ2) is 11.8. The number of aryl methyl sites for hydroxylation is 1. The average molecular weight is 563 g/mol. The van der Waals surface area contributed by atoms with Gasteiger partial charge in [0.25, 0.3) is 5.91 Å². The molecule has 0 saturated carbocycles. The maximum absolute atomic E-state index is 13.8. The van der Waals surface area contributed by atoms with E-state index in [1.54, 1.807) is 23.1 Å². The maximum Gasteiger partial charge on any atom is 0.295 e. The van der Waals surface area contributed by atoms with Crippen LogP contribution in [0.25, 0.3) is 5.76 Å². The van der Waals surface area contributed by atoms with Crippen molar-refractivity contribution in [3.8, 4) is 5.75 Å². The average Bonchev–Trinajstić information content (AvgIpc) is 3.13. The summed E-state index contributed by atoms with van der Waals surface area (Å²) in [5, 5.41) is 13.8. The van der Waals surface area contributed by atoms with Crippen LogP contribution in [0.5, 0.6) is 5.75 Å². The van der Waals surface area contributed by atoms with Gasteiger partial charge in [-0.2, -0.15) is 0 Å². The molecule has 7 heteroatoms. The minimum Gasteiger partial charge on any atom is -0.872 e. The number of benzene rings is 3. The summed E-state index contributed by atoms with van der Waals surface area (Å²) in [5.74, 6) is -1.13. The molecule has 0 aliphatic carbocycles. The van der Waals surface area contributed by atoms with E-state index < -0.39 is 23.5 Å². The van der Waals surface area contributed by atoms with Crippen LogP contribution in [-0.4, -0.2) is 43.8 Å². The SMILES string of the molecule is Cc1cc(OCc2ccccc2)ccc1C([O-])=C1C(=O)C(=O)N(CCC[NH+](C)C)C1c1ccc(Br)cc1. The highest BCUT2D eigenvalue weighted by Crippen LogP contribution is 2.39. The lowest BCUT2D eigenvalue weighted by molar-refractivity contribution is -0.858. The van der Waals surface area contributed by atoms with Crippen LogP contribution < -0.4 is 14.7 Å². The molecule has 4 rings (SSSR count). The summed E-state index contributed by atoms with van der Waals surface area (Å²) in [5.41, 5.74) is 2.87. The number of Topliss-reactive ketones (excluding diaryl/α,β-unsaturated/α-hetero) is 1. The highest BCUT2D eigenvalue weighted by atomic mass is 79.9. The van der Waals surface area contributed by atoms with Crippen molar-refractivity contribution < 1.29 is 24.3 Å². The van der Waals surface area contributed by atoms with Gasteiger partial charge in [-0.1, -0.05) is 70.2 Å². The number of carbonyl (C=O) groups excluding carboxylic acids is 2. The maximum atomic E-state index is 13.8. The molecule has 3 aromatic carbocycles. The minimum atomic E-state index is -0.723. The lowest BCUT2D eigenvalue weighted by atomic mass is 9.94. The third kappa shape index (κ3) is 6.12. The molecule has 0 spiro atoms. The van der Waals surface area contributed by atoms with Crippen LogP contribution in [0.2, 0.25) is 0 Å². The van der Waals surface area contributed by atoms with E-state index in [2.05, 4.69) is 15.9 Å². The van der Waals surface area contributed by atoms with Gasteiger partial charge in [-0.25, -0.2) is 0 Å². The molecule has 1 aliphatic heterocycles. The summed E-state index contributed by atoms with van der Waals surface area (Å²) in [4.78, 5) is 29.1. The van der Waals surface area contributed by atoms with Crippen molar-refractivity contribution in [1.29, 1.82) is 0 Å². The van der Waals surface area contributed by atoms with E-state index >= 15 is 0 Å². The summed E-state index contributed by atoms with van der Waals surface area (Å²) >= 11 is 3.44. The van der Waals surface area contributed by atoms with Crippen molar-refractivity contribution in [3.05, 3.63) is 105 Å². The number of hydrogen-bond acceptors (Lipinski definition) is 4. The number of nitrogens with zero attached hydrogens (tertiary/aromatic N) is 1. The molecule has 0 bridgehead atoms. The summed E-state index contributed by atoms with van der Waals surface area (Å²) in [6.45, 7) is 3.47. The van der Waals surface area contributed by atoms with E-state index in [0.717, 1.165) is 28.6 Å². The zero-order chi connectivity index (χ0) is 26.5. The lowest BCUT2D eigenvalue weighted by Gasteiger charge is -2.28. The molecule has 0 radical (unpaired) electrons. The van der Waals surface area contributed by atoms with Gasteiger partial charge in [0.05, 0.1) is 26.7 Å². The molecule has 1 saturated heterocycles. The van der Waals surface area contributed by atoms with Crippen molar-refractivity contribution in [2.24, 2.45) is 0 Å². The molecule has 1 N–H and O–H groups in total. The first kappa shape index (κ1) is 26.6. The molecule has 1 atom stereocenters. The Balaban J connectivity index is 1.68. The van der Waals surface area contributed by atoms with Crippen molar-refractivity contribution in [3.63, 3.8) is 0 Å². The number of amides is 1. The highest BCUT2D eigenvalue weighted by molar-refractivity contribution is 9.10. The van der Waals surface area contributed by atoms with Gasteiger partial charge in [0.1, 0.15) is 12.4 Å². The number of quaternary nitrogens is 1. The van der Waals surface area contributed by atoms with Gasteiger partial charge >= 0.3 is 0 Å². The van der Waals surface area contributed by atoms with Gasteiger partial charge in [-0.05, 0) is 53.4 Å². The van der Waals surface area contributed by atoms with Crippen LogP contribution >= 0.6 is 15.9 Å². The highest BCUT2D eigenvalue weighted by Gasteiger charge is 2.44. The van der Waals surface area contributed by atoms with E-state index in [0.29, 0.717) is 30.0 Å². The molecule has 6 nitrogen and oxygen atoms in total. The first-order valence-electron chi connectivity index (χ1n) is 12.3. The Morgan fingerprint density at radius 1 is 1.03 bits per heavy atom. The fraction of sp³-hybridized carbons (Fsp3) is 0.267. The molecule has 1 fully saturated rings. The number of halogens is 1. The zero-order valence-electron chi connectivity index (χ0n) is 21.3. The van der Waals surface area contributed by atoms with E-state index in [-0.39, 0.29) is 5.57 Å². The quantitative estimate of drug-likeness (QED) is 0.247. The first-order chi connectivity index (χ1) is 17.8. The van der Waals surface area contributed by atoms with Crippen molar-refractivity contribution in [2.45, 2.75) is 26.0 Å². The largest absolute Gasteiger partial charge is 0.872 e. The normalized spacial score (nSPS) is 17.0. The van der Waals surface area contributed by atoms with E-state index in [1.165, 1.54) is 4.90 Å². The zero-order valence-corrected chi connectivity index (χ0v) is 22.9. The second-order valence-electron chi connectivity index (χ2n) is 9.59. The molecular formula is C30H31BrN2O4. The molecule has 1 aliphatic rings. The molecule has 0 aromatic heterocycles. The summed E-state index contributed by atoms with van der Waals surface area (Å²) in [7, 11) is 4.08. The van der Waals surface area contributed by atoms with Gasteiger partial charge in [0.15, 0.2) is 0 Å². The number of hydrogen-bond donors (Lipinski definition) is 1. The van der Waals surface area contributed by atoms with Gasteiger partial charge in [0.2, 0.25) is 5.78 Å². The van der Waals surface area contributed by atoms with E-state index in [1.807, 2.05) is 75.6 Å². The Morgan fingerprint density at radius 2 is 1.73 bits per heavy atom. The van der Waals surface area contributed by atoms with Crippen molar-refractivity contribution in [1.82, 2.24) is 4.90 Å². The Hall–Kier alpha value is -3.42. The molecule has 192 valence electrons. The fourth-order valence-corrected chi connectivity index (χ4v) is 4.83. The standard InChI is InChI=1S/C30H31BrN2O4/c1-20-18-24(37-19-21-8-5-4-6-9-21)14-15-25(20)28(34)26-27(22-10-12-23(31)13-11-22)33(30(36)29(26)35)17-7-16-32(2)3/h4-6,8-15,18,27,34H,7,16-17,19H2,1-3H3. The van der Waals surface area contributed by atoms with Crippen LogP contribution in [0.1, 0.15) is 34.7 Å². The predicted molar refractivity (Wildman–Crippen MR) is 145 cm³/mol. The number of rotatable bonds is 9. The van der Waals surface area contributed by atoms with Crippen LogP contribution in [0, 0.1) is 6.92 Å². The molecule has 37 heavy (non-hydrogen) atoms. The second-order valence-corrected chi connectivity index (χ2v) is 10.5. The van der Waals surface area contributed by atoms with Gasteiger partial charge in [0, 0.05) is 23.0 Å². The van der Waals surface area contributed by atoms with E-state index in [4.69, 9.17) is 4.74 Å². The molecule has 3 aromatic rings. The minimum absolute atomic E-state index is 0.00516. The summed E-state index contributed by atoms with van der Waals surface area (Å²) < 4.78 is 6.78. The van der Waals surface area contributed by atoms with Gasteiger partial charge in [-0.15, -0.1) is 0 Å². The van der Waals surface area contributed by atoms with Crippen LogP contribution in [-0.2, 0) is 16.2 Å². The first-order valence-corrected chi connectivity index (χ1v) is 13.1.